The van der Waals surface area contributed by atoms with E-state index in [9.17, 15) is 0 Å². The normalized spacial score (nSPS) is 13.0. The fourth-order valence-electron chi connectivity index (χ4n) is 2.85. The number of aromatic nitrogens is 2. The molecule has 4 heteroatoms. The lowest BCUT2D eigenvalue weighted by atomic mass is 10.1. The van der Waals surface area contributed by atoms with Crippen LogP contribution >= 0.6 is 0 Å². The first kappa shape index (κ1) is 14.7. The highest BCUT2D eigenvalue weighted by atomic mass is 16.5. The Labute approximate surface area is 141 Å². The second kappa shape index (κ2) is 6.71. The molecule has 3 aromatic rings. The molecule has 0 atom stereocenters. The van der Waals surface area contributed by atoms with E-state index in [1.165, 1.54) is 5.56 Å². The molecule has 1 aliphatic heterocycles. The summed E-state index contributed by atoms with van der Waals surface area (Å²) in [5, 5.41) is 3.42. The highest BCUT2D eigenvalue weighted by Crippen LogP contribution is 2.33. The fourth-order valence-corrected chi connectivity index (χ4v) is 2.85. The molecule has 1 N–H and O–H groups in total. The van der Waals surface area contributed by atoms with E-state index in [2.05, 4.69) is 17.4 Å². The smallest absolute Gasteiger partial charge is 0.183 e. The average Bonchev–Trinajstić information content (AvgIpc) is 2.67. The first-order chi connectivity index (χ1) is 11.9. The second-order valence-electron chi connectivity index (χ2n) is 5.83. The topological polar surface area (TPSA) is 47.0 Å². The molecule has 0 radical (unpaired) electrons. The van der Waals surface area contributed by atoms with Gasteiger partial charge in [0.25, 0.3) is 0 Å². The van der Waals surface area contributed by atoms with Crippen molar-refractivity contribution in [3.63, 3.8) is 0 Å². The minimum Gasteiger partial charge on any atom is -0.488 e. The van der Waals surface area contributed by atoms with Gasteiger partial charge in [0.2, 0.25) is 0 Å². The zero-order valence-electron chi connectivity index (χ0n) is 13.4. The van der Waals surface area contributed by atoms with Crippen LogP contribution in [-0.4, -0.2) is 16.6 Å². The van der Waals surface area contributed by atoms with E-state index in [4.69, 9.17) is 14.7 Å². The number of nitrogens with one attached hydrogen (secondary N) is 1. The van der Waals surface area contributed by atoms with Crippen molar-refractivity contribution in [2.24, 2.45) is 0 Å². The van der Waals surface area contributed by atoms with Crippen LogP contribution in [0, 0.1) is 0 Å². The predicted molar refractivity (Wildman–Crippen MR) is 95.1 cm³/mol. The Morgan fingerprint density at radius 1 is 0.917 bits per heavy atom. The van der Waals surface area contributed by atoms with Crippen LogP contribution in [0.4, 0.5) is 5.82 Å². The molecule has 4 rings (SSSR count). The Bertz CT molecular complexity index is 819. The minimum absolute atomic E-state index is 0.710. The molecule has 1 aromatic heterocycles. The van der Waals surface area contributed by atoms with Gasteiger partial charge in [0, 0.05) is 12.1 Å². The van der Waals surface area contributed by atoms with Gasteiger partial charge in [-0.2, -0.15) is 0 Å². The third-order valence-corrected chi connectivity index (χ3v) is 4.07. The summed E-state index contributed by atoms with van der Waals surface area (Å²) in [6.07, 6.45) is 1.92. The number of hydrogen-bond acceptors (Lipinski definition) is 4. The van der Waals surface area contributed by atoms with Crippen LogP contribution < -0.4 is 10.1 Å². The standard InChI is InChI=1S/C20H19N3O/c1-3-8-15(9-4-1)14-21-20-18-17(12-7-13-24-18)22-19(23-20)16-10-5-2-6-11-16/h1-6,8-11H,7,12-14H2,(H,21,22,23). The summed E-state index contributed by atoms with van der Waals surface area (Å²) in [6, 6.07) is 20.4. The molecule has 0 spiro atoms. The van der Waals surface area contributed by atoms with E-state index in [1.54, 1.807) is 0 Å². The number of rotatable bonds is 4. The van der Waals surface area contributed by atoms with E-state index >= 15 is 0 Å². The van der Waals surface area contributed by atoms with Crippen molar-refractivity contribution in [3.05, 3.63) is 71.9 Å². The number of anilines is 1. The van der Waals surface area contributed by atoms with Crippen LogP contribution in [0.15, 0.2) is 60.7 Å². The second-order valence-corrected chi connectivity index (χ2v) is 5.83. The maximum Gasteiger partial charge on any atom is 0.183 e. The van der Waals surface area contributed by atoms with Gasteiger partial charge in [-0.3, -0.25) is 0 Å². The van der Waals surface area contributed by atoms with E-state index in [0.717, 1.165) is 48.1 Å². The van der Waals surface area contributed by atoms with Gasteiger partial charge < -0.3 is 10.1 Å². The monoisotopic (exact) mass is 317 g/mol. The van der Waals surface area contributed by atoms with E-state index in [0.29, 0.717) is 6.54 Å². The molecule has 1 aliphatic rings. The van der Waals surface area contributed by atoms with Crippen molar-refractivity contribution in [1.29, 1.82) is 0 Å². The van der Waals surface area contributed by atoms with Gasteiger partial charge in [0.05, 0.1) is 12.3 Å². The lowest BCUT2D eigenvalue weighted by molar-refractivity contribution is 0.285. The Kier molecular flexibility index (Phi) is 4.11. The molecule has 0 saturated heterocycles. The van der Waals surface area contributed by atoms with Crippen LogP contribution in [-0.2, 0) is 13.0 Å². The number of fused-ring (bicyclic) bond motifs is 1. The lowest BCUT2D eigenvalue weighted by Gasteiger charge is -2.20. The van der Waals surface area contributed by atoms with E-state index in [-0.39, 0.29) is 0 Å². The Morgan fingerprint density at radius 3 is 2.46 bits per heavy atom. The van der Waals surface area contributed by atoms with Gasteiger partial charge in [-0.25, -0.2) is 9.97 Å². The predicted octanol–water partition coefficient (Wildman–Crippen LogP) is 4.08. The zero-order chi connectivity index (χ0) is 16.2. The molecule has 0 saturated carbocycles. The van der Waals surface area contributed by atoms with Crippen molar-refractivity contribution in [2.45, 2.75) is 19.4 Å². The summed E-state index contributed by atoms with van der Waals surface area (Å²) < 4.78 is 5.85. The SMILES string of the molecule is c1ccc(CNc2nc(-c3ccccc3)nc3c2OCCC3)cc1. The number of nitrogens with zero attached hydrogens (tertiary/aromatic N) is 2. The van der Waals surface area contributed by atoms with Gasteiger partial charge in [0.15, 0.2) is 17.4 Å². The third-order valence-electron chi connectivity index (χ3n) is 4.07. The molecular formula is C20H19N3O. The van der Waals surface area contributed by atoms with Gasteiger partial charge in [0.1, 0.15) is 0 Å². The molecule has 0 bridgehead atoms. The lowest BCUT2D eigenvalue weighted by Crippen LogP contribution is -2.15. The summed E-state index contributed by atoms with van der Waals surface area (Å²) in [5.74, 6) is 2.33. The molecule has 24 heavy (non-hydrogen) atoms. The quantitative estimate of drug-likeness (QED) is 0.787. The van der Waals surface area contributed by atoms with Crippen LogP contribution in [0.25, 0.3) is 11.4 Å². The van der Waals surface area contributed by atoms with Gasteiger partial charge in [-0.15, -0.1) is 0 Å². The first-order valence-electron chi connectivity index (χ1n) is 8.27. The van der Waals surface area contributed by atoms with Crippen molar-refractivity contribution in [1.82, 2.24) is 9.97 Å². The Balaban J connectivity index is 1.68. The maximum absolute atomic E-state index is 5.85. The van der Waals surface area contributed by atoms with Crippen molar-refractivity contribution >= 4 is 5.82 Å². The number of aryl methyl sites for hydroxylation is 1. The minimum atomic E-state index is 0.710. The largest absolute Gasteiger partial charge is 0.488 e. The molecule has 0 fully saturated rings. The number of benzene rings is 2. The van der Waals surface area contributed by atoms with Crippen LogP contribution in [0.1, 0.15) is 17.7 Å². The molecule has 2 heterocycles. The highest BCUT2D eigenvalue weighted by molar-refractivity contribution is 5.62. The fraction of sp³-hybridized carbons (Fsp3) is 0.200. The first-order valence-corrected chi connectivity index (χ1v) is 8.27. The molecule has 0 aliphatic carbocycles. The average molecular weight is 317 g/mol. The summed E-state index contributed by atoms with van der Waals surface area (Å²) in [7, 11) is 0. The molecule has 0 amide bonds. The van der Waals surface area contributed by atoms with Crippen LogP contribution in [0.5, 0.6) is 5.75 Å². The number of hydrogen-bond donors (Lipinski definition) is 1. The summed E-state index contributed by atoms with van der Waals surface area (Å²) in [4.78, 5) is 9.45. The highest BCUT2D eigenvalue weighted by Gasteiger charge is 2.19. The Hall–Kier alpha value is -2.88. The third kappa shape index (κ3) is 3.08. The molecular weight excluding hydrogens is 298 g/mol. The molecule has 120 valence electrons. The van der Waals surface area contributed by atoms with Gasteiger partial charge >= 0.3 is 0 Å². The van der Waals surface area contributed by atoms with E-state index in [1.807, 2.05) is 48.5 Å². The van der Waals surface area contributed by atoms with Crippen molar-refractivity contribution in [3.8, 4) is 17.1 Å². The summed E-state index contributed by atoms with van der Waals surface area (Å²) in [5.41, 5.74) is 3.22. The zero-order valence-corrected chi connectivity index (χ0v) is 13.4. The van der Waals surface area contributed by atoms with Crippen LogP contribution in [0.2, 0.25) is 0 Å². The molecule has 4 nitrogen and oxygen atoms in total. The van der Waals surface area contributed by atoms with Gasteiger partial charge in [-0.1, -0.05) is 60.7 Å². The molecule has 0 unspecified atom stereocenters. The van der Waals surface area contributed by atoms with Crippen molar-refractivity contribution in [2.75, 3.05) is 11.9 Å². The summed E-state index contributed by atoms with van der Waals surface area (Å²) in [6.45, 7) is 1.43. The maximum atomic E-state index is 5.85. The van der Waals surface area contributed by atoms with Crippen molar-refractivity contribution < 1.29 is 4.74 Å². The van der Waals surface area contributed by atoms with Gasteiger partial charge in [-0.05, 0) is 18.4 Å². The van der Waals surface area contributed by atoms with Crippen LogP contribution in [0.3, 0.4) is 0 Å². The molecule has 2 aromatic carbocycles. The Morgan fingerprint density at radius 2 is 1.67 bits per heavy atom. The number of ether oxygens (including phenoxy) is 1. The summed E-state index contributed by atoms with van der Waals surface area (Å²) >= 11 is 0. The van der Waals surface area contributed by atoms with E-state index < -0.39 is 0 Å².